The number of aromatic nitrogens is 3. The van der Waals surface area contributed by atoms with Gasteiger partial charge < -0.3 is 4.42 Å². The SMILES string of the molecule is CC(C)c1cnc2ncoc2n1. The zero-order chi connectivity index (χ0) is 8.55. The molecule has 2 rings (SSSR count). The molecule has 2 heterocycles. The maximum absolute atomic E-state index is 5.02. The molecule has 62 valence electrons. The molecule has 0 amide bonds. The predicted molar refractivity (Wildman–Crippen MR) is 43.7 cm³/mol. The van der Waals surface area contributed by atoms with Crippen LogP contribution in [0.4, 0.5) is 0 Å². The Bertz CT molecular complexity index is 394. The van der Waals surface area contributed by atoms with Gasteiger partial charge in [-0.15, -0.1) is 0 Å². The van der Waals surface area contributed by atoms with Gasteiger partial charge in [0, 0.05) is 0 Å². The third-order valence-corrected chi connectivity index (χ3v) is 1.67. The molecule has 0 aliphatic rings. The van der Waals surface area contributed by atoms with Crippen LogP contribution in [0.1, 0.15) is 25.5 Å². The van der Waals surface area contributed by atoms with Crippen LogP contribution in [-0.4, -0.2) is 15.0 Å². The summed E-state index contributed by atoms with van der Waals surface area (Å²) in [5.41, 5.74) is 2.01. The number of nitrogens with zero attached hydrogens (tertiary/aromatic N) is 3. The molecule has 0 aliphatic heterocycles. The maximum Gasteiger partial charge on any atom is 0.266 e. The van der Waals surface area contributed by atoms with Crippen LogP contribution in [0, 0.1) is 0 Å². The van der Waals surface area contributed by atoms with E-state index < -0.39 is 0 Å². The third kappa shape index (κ3) is 1.05. The molecule has 0 bridgehead atoms. The number of hydrogen-bond acceptors (Lipinski definition) is 4. The molecule has 4 nitrogen and oxygen atoms in total. The van der Waals surface area contributed by atoms with Crippen molar-refractivity contribution in [2.45, 2.75) is 19.8 Å². The van der Waals surface area contributed by atoms with E-state index in [1.165, 1.54) is 6.39 Å². The molecule has 4 heteroatoms. The Morgan fingerprint density at radius 2 is 2.17 bits per heavy atom. The summed E-state index contributed by atoms with van der Waals surface area (Å²) in [5.74, 6) is 0.368. The van der Waals surface area contributed by atoms with Crippen molar-refractivity contribution in [3.05, 3.63) is 18.3 Å². The Balaban J connectivity index is 2.60. The molecule has 0 saturated heterocycles. The summed E-state index contributed by atoms with van der Waals surface area (Å²) in [6.07, 6.45) is 3.09. The first kappa shape index (κ1) is 7.21. The molecule has 0 saturated carbocycles. The van der Waals surface area contributed by atoms with Crippen molar-refractivity contribution in [1.82, 2.24) is 15.0 Å². The molecular weight excluding hydrogens is 154 g/mol. The lowest BCUT2D eigenvalue weighted by Gasteiger charge is -2.00. The van der Waals surface area contributed by atoms with Gasteiger partial charge in [-0.25, -0.2) is 9.97 Å². The lowest BCUT2D eigenvalue weighted by atomic mass is 10.1. The number of rotatable bonds is 1. The summed E-state index contributed by atoms with van der Waals surface area (Å²) in [5, 5.41) is 0. The highest BCUT2D eigenvalue weighted by Gasteiger charge is 2.05. The fourth-order valence-corrected chi connectivity index (χ4v) is 0.951. The minimum atomic E-state index is 0.368. The van der Waals surface area contributed by atoms with E-state index in [1.54, 1.807) is 6.20 Å². The molecule has 2 aromatic rings. The van der Waals surface area contributed by atoms with Crippen LogP contribution in [0.25, 0.3) is 11.4 Å². The van der Waals surface area contributed by atoms with Gasteiger partial charge in [0.25, 0.3) is 5.71 Å². The van der Waals surface area contributed by atoms with Gasteiger partial charge in [0.2, 0.25) is 5.65 Å². The second kappa shape index (κ2) is 2.55. The first-order valence-electron chi connectivity index (χ1n) is 3.83. The molecule has 0 aliphatic carbocycles. The second-order valence-electron chi connectivity index (χ2n) is 2.93. The first-order chi connectivity index (χ1) is 5.77. The molecule has 0 unspecified atom stereocenters. The Labute approximate surface area is 69.7 Å². The van der Waals surface area contributed by atoms with E-state index in [0.717, 1.165) is 5.69 Å². The summed E-state index contributed by atoms with van der Waals surface area (Å²) >= 11 is 0. The standard InChI is InChI=1S/C8H9N3O/c1-5(2)6-3-9-7-8(11-6)12-4-10-7/h3-5H,1-2H3. The quantitative estimate of drug-likeness (QED) is 0.642. The van der Waals surface area contributed by atoms with Crippen LogP contribution < -0.4 is 0 Å². The van der Waals surface area contributed by atoms with Gasteiger partial charge in [-0.2, -0.15) is 4.98 Å². The monoisotopic (exact) mass is 163 g/mol. The van der Waals surface area contributed by atoms with Crippen molar-refractivity contribution in [1.29, 1.82) is 0 Å². The molecule has 0 aromatic carbocycles. The highest BCUT2D eigenvalue weighted by atomic mass is 16.3. The Morgan fingerprint density at radius 3 is 2.92 bits per heavy atom. The van der Waals surface area contributed by atoms with Crippen molar-refractivity contribution < 1.29 is 4.42 Å². The summed E-state index contributed by atoms with van der Waals surface area (Å²) in [6, 6.07) is 0. The molecule has 12 heavy (non-hydrogen) atoms. The van der Waals surface area contributed by atoms with Crippen LogP contribution >= 0.6 is 0 Å². The lowest BCUT2D eigenvalue weighted by Crippen LogP contribution is -1.93. The van der Waals surface area contributed by atoms with Crippen LogP contribution in [0.3, 0.4) is 0 Å². The fraction of sp³-hybridized carbons (Fsp3) is 0.375. The minimum absolute atomic E-state index is 0.368. The van der Waals surface area contributed by atoms with E-state index in [4.69, 9.17) is 4.42 Å². The third-order valence-electron chi connectivity index (χ3n) is 1.67. The zero-order valence-corrected chi connectivity index (χ0v) is 6.98. The molecular formula is C8H9N3O. The Morgan fingerprint density at radius 1 is 1.33 bits per heavy atom. The zero-order valence-electron chi connectivity index (χ0n) is 6.98. The Kier molecular flexibility index (Phi) is 1.53. The van der Waals surface area contributed by atoms with Crippen LogP contribution in [0.15, 0.2) is 17.0 Å². The fourth-order valence-electron chi connectivity index (χ4n) is 0.951. The summed E-state index contributed by atoms with van der Waals surface area (Å²) < 4.78 is 5.02. The topological polar surface area (TPSA) is 51.8 Å². The minimum Gasteiger partial charge on any atom is -0.424 e. The average Bonchev–Trinajstić information content (AvgIpc) is 2.49. The largest absolute Gasteiger partial charge is 0.424 e. The van der Waals surface area contributed by atoms with Crippen molar-refractivity contribution in [2.75, 3.05) is 0 Å². The Hall–Kier alpha value is -1.45. The number of oxazole rings is 1. The van der Waals surface area contributed by atoms with E-state index >= 15 is 0 Å². The molecule has 0 spiro atoms. The number of hydrogen-bond donors (Lipinski definition) is 0. The van der Waals surface area contributed by atoms with E-state index in [9.17, 15) is 0 Å². The van der Waals surface area contributed by atoms with Gasteiger partial charge in [-0.3, -0.25) is 0 Å². The van der Waals surface area contributed by atoms with E-state index in [2.05, 4.69) is 28.8 Å². The summed E-state index contributed by atoms with van der Waals surface area (Å²) in [4.78, 5) is 12.2. The van der Waals surface area contributed by atoms with Gasteiger partial charge in [0.05, 0.1) is 11.9 Å². The lowest BCUT2D eigenvalue weighted by molar-refractivity contribution is 0.587. The van der Waals surface area contributed by atoms with Crippen molar-refractivity contribution >= 4 is 11.4 Å². The van der Waals surface area contributed by atoms with Crippen LogP contribution in [0.5, 0.6) is 0 Å². The van der Waals surface area contributed by atoms with Crippen LogP contribution in [0.2, 0.25) is 0 Å². The molecule has 0 atom stereocenters. The smallest absolute Gasteiger partial charge is 0.266 e. The van der Waals surface area contributed by atoms with Gasteiger partial charge >= 0.3 is 0 Å². The molecule has 2 aromatic heterocycles. The van der Waals surface area contributed by atoms with Gasteiger partial charge in [-0.05, 0) is 5.92 Å². The molecule has 0 fully saturated rings. The molecule has 0 N–H and O–H groups in total. The van der Waals surface area contributed by atoms with Crippen molar-refractivity contribution in [2.24, 2.45) is 0 Å². The van der Waals surface area contributed by atoms with E-state index in [1.807, 2.05) is 0 Å². The van der Waals surface area contributed by atoms with Crippen molar-refractivity contribution in [3.63, 3.8) is 0 Å². The van der Waals surface area contributed by atoms with Crippen LogP contribution in [-0.2, 0) is 0 Å². The first-order valence-corrected chi connectivity index (χ1v) is 3.83. The van der Waals surface area contributed by atoms with E-state index in [-0.39, 0.29) is 0 Å². The maximum atomic E-state index is 5.02. The van der Waals surface area contributed by atoms with E-state index in [0.29, 0.717) is 17.3 Å². The van der Waals surface area contributed by atoms with Gasteiger partial charge in [0.1, 0.15) is 0 Å². The average molecular weight is 163 g/mol. The summed E-state index contributed by atoms with van der Waals surface area (Å²) in [7, 11) is 0. The highest BCUT2D eigenvalue weighted by molar-refractivity contribution is 5.61. The van der Waals surface area contributed by atoms with Gasteiger partial charge in [0.15, 0.2) is 6.39 Å². The molecule has 0 radical (unpaired) electrons. The van der Waals surface area contributed by atoms with Gasteiger partial charge in [-0.1, -0.05) is 13.8 Å². The number of fused-ring (bicyclic) bond motifs is 1. The predicted octanol–water partition coefficient (Wildman–Crippen LogP) is 1.74. The normalized spacial score (nSPS) is 11.2. The van der Waals surface area contributed by atoms with Crippen molar-refractivity contribution in [3.8, 4) is 0 Å². The summed E-state index contributed by atoms with van der Waals surface area (Å²) in [6.45, 7) is 4.12. The second-order valence-corrected chi connectivity index (χ2v) is 2.93. The highest BCUT2D eigenvalue weighted by Crippen LogP contribution is 2.13.